The Hall–Kier alpha value is -0.130. The van der Waals surface area contributed by atoms with Gasteiger partial charge in [-0.1, -0.05) is 24.1 Å². The average molecular weight is 235 g/mol. The molecule has 0 bridgehead atoms. The van der Waals surface area contributed by atoms with Crippen LogP contribution in [0.2, 0.25) is 0 Å². The molecule has 0 aromatic carbocycles. The van der Waals surface area contributed by atoms with E-state index >= 15 is 0 Å². The second kappa shape index (κ2) is 4.80. The Morgan fingerprint density at radius 2 is 1.67 bits per heavy atom. The van der Waals surface area contributed by atoms with Crippen molar-refractivity contribution >= 4 is 10.0 Å². The van der Waals surface area contributed by atoms with Crippen LogP contribution in [0.15, 0.2) is 0 Å². The number of nitrogens with one attached hydrogen (secondary N) is 1. The molecule has 15 heavy (non-hydrogen) atoms. The van der Waals surface area contributed by atoms with Gasteiger partial charge in [-0.25, -0.2) is 8.42 Å². The first-order valence-electron chi connectivity index (χ1n) is 5.50. The van der Waals surface area contributed by atoms with Crippen LogP contribution in [0.25, 0.3) is 0 Å². The van der Waals surface area contributed by atoms with Crippen molar-refractivity contribution in [2.75, 3.05) is 0 Å². The molecule has 0 radical (unpaired) electrons. The van der Waals surface area contributed by atoms with Gasteiger partial charge in [0.1, 0.15) is 0 Å². The molecule has 1 aliphatic rings. The third kappa shape index (κ3) is 4.49. The fraction of sp³-hybridized carbons (Fsp3) is 1.00. The molecule has 0 aliphatic heterocycles. The average Bonchev–Trinajstić information content (AvgIpc) is 2.16. The molecule has 90 valence electrons. The molecule has 5 heteroatoms. The molecule has 0 spiro atoms. The van der Waals surface area contributed by atoms with Crippen LogP contribution >= 0.6 is 0 Å². The normalized spacial score (nSPS) is 20.5. The summed E-state index contributed by atoms with van der Waals surface area (Å²) in [6.45, 7) is 5.45. The predicted molar refractivity (Wildman–Crippen MR) is 59.8 cm³/mol. The van der Waals surface area contributed by atoms with E-state index < -0.39 is 15.6 Å². The molecule has 0 heterocycles. The van der Waals surface area contributed by atoms with Crippen LogP contribution < -0.4 is 4.89 Å². The molecule has 0 aromatic heterocycles. The summed E-state index contributed by atoms with van der Waals surface area (Å²) in [5.41, 5.74) is -0.484. The summed E-state index contributed by atoms with van der Waals surface area (Å²) in [6.07, 6.45) is 4.65. The van der Waals surface area contributed by atoms with E-state index in [1.807, 2.05) is 20.8 Å². The van der Waals surface area contributed by atoms with Crippen molar-refractivity contribution in [3.8, 4) is 0 Å². The fourth-order valence-corrected chi connectivity index (χ4v) is 3.08. The van der Waals surface area contributed by atoms with Crippen LogP contribution in [0.1, 0.15) is 52.9 Å². The summed E-state index contributed by atoms with van der Waals surface area (Å²) >= 11 is 0. The highest BCUT2D eigenvalue weighted by Crippen LogP contribution is 2.23. The molecule has 0 aromatic rings. The van der Waals surface area contributed by atoms with Crippen LogP contribution in [0.5, 0.6) is 0 Å². The lowest BCUT2D eigenvalue weighted by Crippen LogP contribution is -2.40. The Balaban J connectivity index is 2.51. The number of hydrogen-bond acceptors (Lipinski definition) is 3. The van der Waals surface area contributed by atoms with Crippen molar-refractivity contribution in [1.29, 1.82) is 0 Å². The lowest BCUT2D eigenvalue weighted by molar-refractivity contribution is -0.0363. The minimum Gasteiger partial charge on any atom is -0.281 e. The van der Waals surface area contributed by atoms with E-state index in [9.17, 15) is 8.42 Å². The van der Waals surface area contributed by atoms with Gasteiger partial charge >= 0.3 is 0 Å². The van der Waals surface area contributed by atoms with Crippen molar-refractivity contribution in [2.24, 2.45) is 0 Å². The Kier molecular flexibility index (Phi) is 4.14. The van der Waals surface area contributed by atoms with E-state index in [0.717, 1.165) is 32.1 Å². The van der Waals surface area contributed by atoms with Gasteiger partial charge in [-0.05, 0) is 33.6 Å². The van der Waals surface area contributed by atoms with Gasteiger partial charge in [0, 0.05) is 0 Å². The molecule has 1 fully saturated rings. The standard InChI is InChI=1S/C10H21NO3S/c1-10(2,3)14-11-15(12,13)9-7-5-4-6-8-9/h9,11H,4-8H2,1-3H3. The second-order valence-corrected chi connectivity index (χ2v) is 7.03. The lowest BCUT2D eigenvalue weighted by atomic mass is 10.0. The van der Waals surface area contributed by atoms with Crippen molar-refractivity contribution < 1.29 is 13.3 Å². The van der Waals surface area contributed by atoms with Crippen LogP contribution in [0.4, 0.5) is 0 Å². The van der Waals surface area contributed by atoms with Crippen molar-refractivity contribution in [3.05, 3.63) is 0 Å². The van der Waals surface area contributed by atoms with Gasteiger partial charge in [0.15, 0.2) is 0 Å². The van der Waals surface area contributed by atoms with E-state index in [-0.39, 0.29) is 5.25 Å². The molecule has 0 saturated heterocycles. The predicted octanol–water partition coefficient (Wildman–Crippen LogP) is 1.97. The molecule has 0 unspecified atom stereocenters. The molecular formula is C10H21NO3S. The zero-order valence-corrected chi connectivity index (χ0v) is 10.6. The first kappa shape index (κ1) is 12.9. The summed E-state index contributed by atoms with van der Waals surface area (Å²) in [7, 11) is -3.29. The maximum Gasteiger partial charge on any atom is 0.236 e. The van der Waals surface area contributed by atoms with Gasteiger partial charge in [0.25, 0.3) is 0 Å². The zero-order valence-electron chi connectivity index (χ0n) is 9.75. The molecule has 0 atom stereocenters. The quantitative estimate of drug-likeness (QED) is 0.761. The highest BCUT2D eigenvalue weighted by atomic mass is 32.2. The minimum absolute atomic E-state index is 0.270. The van der Waals surface area contributed by atoms with Gasteiger partial charge in [-0.15, -0.1) is 0 Å². The highest BCUT2D eigenvalue weighted by molar-refractivity contribution is 7.89. The fourth-order valence-electron chi connectivity index (χ4n) is 1.63. The summed E-state index contributed by atoms with van der Waals surface area (Å²) in [5, 5.41) is -0.270. The second-order valence-electron chi connectivity index (χ2n) is 5.10. The summed E-state index contributed by atoms with van der Waals surface area (Å²) < 4.78 is 23.6. The SMILES string of the molecule is CC(C)(C)ONS(=O)(=O)C1CCCCC1. The molecule has 1 saturated carbocycles. The van der Waals surface area contributed by atoms with Gasteiger partial charge in [0.05, 0.1) is 10.9 Å². The molecule has 0 amide bonds. The lowest BCUT2D eigenvalue weighted by Gasteiger charge is -2.25. The maximum atomic E-state index is 11.8. The van der Waals surface area contributed by atoms with E-state index in [2.05, 4.69) is 4.89 Å². The smallest absolute Gasteiger partial charge is 0.236 e. The van der Waals surface area contributed by atoms with Gasteiger partial charge < -0.3 is 0 Å². The molecule has 1 aliphatic carbocycles. The van der Waals surface area contributed by atoms with Gasteiger partial charge in [-0.2, -0.15) is 0 Å². The highest BCUT2D eigenvalue weighted by Gasteiger charge is 2.28. The van der Waals surface area contributed by atoms with Crippen LogP contribution in [-0.4, -0.2) is 19.3 Å². The monoisotopic (exact) mass is 235 g/mol. The van der Waals surface area contributed by atoms with Crippen molar-refractivity contribution in [1.82, 2.24) is 4.89 Å². The maximum absolute atomic E-state index is 11.8. The van der Waals surface area contributed by atoms with E-state index in [1.165, 1.54) is 0 Å². The number of hydrogen-bond donors (Lipinski definition) is 1. The summed E-state index contributed by atoms with van der Waals surface area (Å²) in [4.78, 5) is 7.35. The Morgan fingerprint density at radius 3 is 2.13 bits per heavy atom. The largest absolute Gasteiger partial charge is 0.281 e. The van der Waals surface area contributed by atoms with E-state index in [0.29, 0.717) is 0 Å². The minimum atomic E-state index is -3.29. The summed E-state index contributed by atoms with van der Waals surface area (Å²) in [5.74, 6) is 0. The molecule has 4 nitrogen and oxygen atoms in total. The van der Waals surface area contributed by atoms with E-state index in [4.69, 9.17) is 4.84 Å². The Morgan fingerprint density at radius 1 is 1.13 bits per heavy atom. The van der Waals surface area contributed by atoms with Crippen molar-refractivity contribution in [2.45, 2.75) is 63.7 Å². The molecule has 1 N–H and O–H groups in total. The number of sulfonamides is 1. The Bertz CT molecular complexity index is 286. The first-order valence-corrected chi connectivity index (χ1v) is 7.04. The molecular weight excluding hydrogens is 214 g/mol. The first-order chi connectivity index (χ1) is 6.81. The number of rotatable bonds is 3. The third-order valence-corrected chi connectivity index (χ3v) is 4.12. The zero-order chi connectivity index (χ0) is 11.5. The van der Waals surface area contributed by atoms with Crippen LogP contribution in [0.3, 0.4) is 0 Å². The molecule has 1 rings (SSSR count). The van der Waals surface area contributed by atoms with Crippen molar-refractivity contribution in [3.63, 3.8) is 0 Å². The summed E-state index contributed by atoms with van der Waals surface area (Å²) in [6, 6.07) is 0. The van der Waals surface area contributed by atoms with Crippen LogP contribution in [-0.2, 0) is 14.9 Å². The van der Waals surface area contributed by atoms with Gasteiger partial charge in [0.2, 0.25) is 10.0 Å². The van der Waals surface area contributed by atoms with Crippen LogP contribution in [0, 0.1) is 0 Å². The van der Waals surface area contributed by atoms with E-state index in [1.54, 1.807) is 0 Å². The van der Waals surface area contributed by atoms with Gasteiger partial charge in [-0.3, -0.25) is 4.84 Å². The third-order valence-electron chi connectivity index (χ3n) is 2.46. The Labute approximate surface area is 92.4 Å². The topological polar surface area (TPSA) is 55.4 Å².